The number of ether oxygens (including phenoxy) is 1. The Morgan fingerprint density at radius 2 is 2.17 bits per heavy atom. The highest BCUT2D eigenvalue weighted by Crippen LogP contribution is 2.15. The molecule has 1 amide bonds. The quantitative estimate of drug-likeness (QED) is 0.828. The highest BCUT2D eigenvalue weighted by Gasteiger charge is 2.22. The number of pyridine rings is 1. The molecule has 2 saturated heterocycles. The van der Waals surface area contributed by atoms with E-state index in [-0.39, 0.29) is 12.0 Å². The normalized spacial score (nSPS) is 22.5. The molecule has 0 aliphatic carbocycles. The van der Waals surface area contributed by atoms with Gasteiger partial charge in [-0.3, -0.25) is 9.69 Å². The molecule has 6 nitrogen and oxygen atoms in total. The van der Waals surface area contributed by atoms with Gasteiger partial charge in [-0.1, -0.05) is 6.07 Å². The summed E-state index contributed by atoms with van der Waals surface area (Å²) in [5, 5.41) is 6.50. The van der Waals surface area contributed by atoms with Crippen LogP contribution in [0.4, 0.5) is 5.82 Å². The van der Waals surface area contributed by atoms with Crippen LogP contribution in [0, 0.1) is 6.92 Å². The minimum absolute atomic E-state index is 0.109. The molecule has 0 spiro atoms. The Morgan fingerprint density at radius 3 is 2.88 bits per heavy atom. The van der Waals surface area contributed by atoms with Gasteiger partial charge in [-0.2, -0.15) is 0 Å². The summed E-state index contributed by atoms with van der Waals surface area (Å²) in [7, 11) is 0. The average molecular weight is 332 g/mol. The smallest absolute Gasteiger partial charge is 0.234 e. The molecule has 132 valence electrons. The third kappa shape index (κ3) is 5.18. The van der Waals surface area contributed by atoms with Crippen LogP contribution in [0.25, 0.3) is 0 Å². The van der Waals surface area contributed by atoms with E-state index in [1.165, 1.54) is 0 Å². The molecule has 3 rings (SSSR count). The summed E-state index contributed by atoms with van der Waals surface area (Å²) < 4.78 is 5.53. The zero-order chi connectivity index (χ0) is 16.8. The lowest BCUT2D eigenvalue weighted by Crippen LogP contribution is -2.45. The van der Waals surface area contributed by atoms with Crippen molar-refractivity contribution in [2.45, 2.75) is 44.8 Å². The fourth-order valence-corrected chi connectivity index (χ4v) is 3.36. The van der Waals surface area contributed by atoms with Gasteiger partial charge in [0.15, 0.2) is 0 Å². The van der Waals surface area contributed by atoms with E-state index in [0.29, 0.717) is 19.1 Å². The predicted molar refractivity (Wildman–Crippen MR) is 94.0 cm³/mol. The van der Waals surface area contributed by atoms with Crippen LogP contribution in [0.3, 0.4) is 0 Å². The van der Waals surface area contributed by atoms with Gasteiger partial charge < -0.3 is 15.4 Å². The number of likely N-dealkylation sites (tertiary alicyclic amines) is 1. The molecule has 2 aliphatic rings. The van der Waals surface area contributed by atoms with Gasteiger partial charge in [0.2, 0.25) is 5.91 Å². The number of rotatable bonds is 6. The number of carbonyl (C=O) groups excluding carboxylic acids is 1. The average Bonchev–Trinajstić information content (AvgIpc) is 3.08. The molecule has 0 aromatic carbocycles. The number of aryl methyl sites for hydroxylation is 1. The number of hydrogen-bond donors (Lipinski definition) is 2. The number of carbonyl (C=O) groups is 1. The summed E-state index contributed by atoms with van der Waals surface area (Å²) in [5.74, 6) is 1.06. The Bertz CT molecular complexity index is 538. The Balaban J connectivity index is 1.34. The first-order valence-electron chi connectivity index (χ1n) is 9.00. The second kappa shape index (κ2) is 8.44. The summed E-state index contributed by atoms with van der Waals surface area (Å²) in [5.41, 5.74) is 1.03. The molecule has 6 heteroatoms. The fourth-order valence-electron chi connectivity index (χ4n) is 3.36. The van der Waals surface area contributed by atoms with Crippen LogP contribution in [0.15, 0.2) is 18.2 Å². The van der Waals surface area contributed by atoms with E-state index in [1.54, 1.807) is 0 Å². The topological polar surface area (TPSA) is 66.5 Å². The Labute approximate surface area is 144 Å². The molecule has 1 unspecified atom stereocenters. The molecule has 2 fully saturated rings. The first-order valence-corrected chi connectivity index (χ1v) is 9.00. The number of hydrogen-bond acceptors (Lipinski definition) is 5. The molecule has 1 atom stereocenters. The number of anilines is 1. The summed E-state index contributed by atoms with van der Waals surface area (Å²) in [4.78, 5) is 18.8. The standard InChI is InChI=1S/C18H28N4O2/c1-14-4-2-6-17(20-14)21-15-7-9-22(10-8-15)13-18(23)19-12-16-5-3-11-24-16/h2,4,6,15-16H,3,5,7-13H2,1H3,(H,19,23)(H,20,21). The maximum absolute atomic E-state index is 12.0. The minimum atomic E-state index is 0.109. The molecular weight excluding hydrogens is 304 g/mol. The zero-order valence-corrected chi connectivity index (χ0v) is 14.5. The number of amides is 1. The molecule has 0 radical (unpaired) electrons. The van der Waals surface area contributed by atoms with Crippen molar-refractivity contribution in [2.75, 3.05) is 38.1 Å². The van der Waals surface area contributed by atoms with Crippen molar-refractivity contribution in [2.24, 2.45) is 0 Å². The van der Waals surface area contributed by atoms with Crippen LogP contribution in [-0.4, -0.2) is 60.7 Å². The zero-order valence-electron chi connectivity index (χ0n) is 14.5. The van der Waals surface area contributed by atoms with Crippen molar-refractivity contribution < 1.29 is 9.53 Å². The summed E-state index contributed by atoms with van der Waals surface area (Å²) in [6.07, 6.45) is 4.45. The SMILES string of the molecule is Cc1cccc(NC2CCN(CC(=O)NCC3CCCO3)CC2)n1. The number of aromatic nitrogens is 1. The fraction of sp³-hybridized carbons (Fsp3) is 0.667. The molecule has 1 aromatic rings. The highest BCUT2D eigenvalue weighted by atomic mass is 16.5. The second-order valence-corrected chi connectivity index (χ2v) is 6.80. The number of nitrogens with zero attached hydrogens (tertiary/aromatic N) is 2. The van der Waals surface area contributed by atoms with Gasteiger partial charge in [0.05, 0.1) is 12.6 Å². The van der Waals surface area contributed by atoms with Crippen LogP contribution in [0.2, 0.25) is 0 Å². The lowest BCUT2D eigenvalue weighted by molar-refractivity contribution is -0.123. The summed E-state index contributed by atoms with van der Waals surface area (Å²) in [6, 6.07) is 6.48. The van der Waals surface area contributed by atoms with E-state index in [1.807, 2.05) is 25.1 Å². The Hall–Kier alpha value is -1.66. The van der Waals surface area contributed by atoms with E-state index in [9.17, 15) is 4.79 Å². The maximum Gasteiger partial charge on any atom is 0.234 e. The van der Waals surface area contributed by atoms with Crippen LogP contribution < -0.4 is 10.6 Å². The molecule has 0 saturated carbocycles. The van der Waals surface area contributed by atoms with Crippen molar-refractivity contribution in [3.05, 3.63) is 23.9 Å². The maximum atomic E-state index is 12.0. The third-order valence-electron chi connectivity index (χ3n) is 4.75. The van der Waals surface area contributed by atoms with E-state index < -0.39 is 0 Å². The Kier molecular flexibility index (Phi) is 6.04. The van der Waals surface area contributed by atoms with Crippen LogP contribution in [-0.2, 0) is 9.53 Å². The molecule has 24 heavy (non-hydrogen) atoms. The predicted octanol–water partition coefficient (Wildman–Crippen LogP) is 1.56. The molecule has 1 aromatic heterocycles. The van der Waals surface area contributed by atoms with Crippen LogP contribution in [0.5, 0.6) is 0 Å². The van der Waals surface area contributed by atoms with Gasteiger partial charge >= 0.3 is 0 Å². The largest absolute Gasteiger partial charge is 0.376 e. The second-order valence-electron chi connectivity index (χ2n) is 6.80. The first kappa shape index (κ1) is 17.2. The van der Waals surface area contributed by atoms with Crippen molar-refractivity contribution in [1.82, 2.24) is 15.2 Å². The monoisotopic (exact) mass is 332 g/mol. The van der Waals surface area contributed by atoms with Crippen molar-refractivity contribution in [3.63, 3.8) is 0 Å². The number of piperidine rings is 1. The lowest BCUT2D eigenvalue weighted by atomic mass is 10.1. The van der Waals surface area contributed by atoms with Gasteiger partial charge in [-0.25, -0.2) is 4.98 Å². The van der Waals surface area contributed by atoms with Crippen LogP contribution in [0.1, 0.15) is 31.4 Å². The minimum Gasteiger partial charge on any atom is -0.376 e. The summed E-state index contributed by atoms with van der Waals surface area (Å²) in [6.45, 7) is 5.85. The van der Waals surface area contributed by atoms with Gasteiger partial charge in [0.25, 0.3) is 0 Å². The van der Waals surface area contributed by atoms with Crippen LogP contribution >= 0.6 is 0 Å². The van der Waals surface area contributed by atoms with Crippen molar-refractivity contribution in [1.29, 1.82) is 0 Å². The highest BCUT2D eigenvalue weighted by molar-refractivity contribution is 5.78. The first-order chi connectivity index (χ1) is 11.7. The Morgan fingerprint density at radius 1 is 1.33 bits per heavy atom. The van der Waals surface area contributed by atoms with Crippen molar-refractivity contribution >= 4 is 11.7 Å². The number of nitrogens with one attached hydrogen (secondary N) is 2. The van der Waals surface area contributed by atoms with E-state index >= 15 is 0 Å². The van der Waals surface area contributed by atoms with Gasteiger partial charge in [-0.15, -0.1) is 0 Å². The molecule has 0 bridgehead atoms. The molecular formula is C18H28N4O2. The van der Waals surface area contributed by atoms with Gasteiger partial charge in [0.1, 0.15) is 5.82 Å². The van der Waals surface area contributed by atoms with E-state index in [4.69, 9.17) is 4.74 Å². The molecule has 3 heterocycles. The molecule has 2 aliphatic heterocycles. The third-order valence-corrected chi connectivity index (χ3v) is 4.75. The van der Waals surface area contributed by atoms with E-state index in [0.717, 1.165) is 56.9 Å². The molecule has 2 N–H and O–H groups in total. The van der Waals surface area contributed by atoms with Crippen molar-refractivity contribution in [3.8, 4) is 0 Å². The lowest BCUT2D eigenvalue weighted by Gasteiger charge is -2.32. The van der Waals surface area contributed by atoms with Gasteiger partial charge in [-0.05, 0) is 44.7 Å². The summed E-state index contributed by atoms with van der Waals surface area (Å²) >= 11 is 0. The van der Waals surface area contributed by atoms with Gasteiger partial charge in [0, 0.05) is 38.0 Å². The van der Waals surface area contributed by atoms with E-state index in [2.05, 4.69) is 20.5 Å².